The molecule has 3 N–H and O–H groups in total. The predicted molar refractivity (Wildman–Crippen MR) is 110 cm³/mol. The number of hydrogen-bond donors (Lipinski definition) is 2. The van der Waals surface area contributed by atoms with Crippen molar-refractivity contribution in [2.24, 2.45) is 11.1 Å². The molecule has 1 atom stereocenters. The van der Waals surface area contributed by atoms with Gasteiger partial charge in [0.2, 0.25) is 10.0 Å². The van der Waals surface area contributed by atoms with Crippen molar-refractivity contribution < 1.29 is 8.42 Å². The van der Waals surface area contributed by atoms with Crippen molar-refractivity contribution in [1.82, 2.24) is 4.90 Å². The fourth-order valence-electron chi connectivity index (χ4n) is 3.69. The molecular weight excluding hydrogens is 372 g/mol. The molecule has 0 aromatic heterocycles. The van der Waals surface area contributed by atoms with Gasteiger partial charge in [0.15, 0.2) is 0 Å². The number of anilines is 1. The zero-order valence-electron chi connectivity index (χ0n) is 16.1. The minimum atomic E-state index is -3.83. The van der Waals surface area contributed by atoms with Crippen LogP contribution in [0.3, 0.4) is 0 Å². The Labute approximate surface area is 167 Å². The van der Waals surface area contributed by atoms with Crippen LogP contribution in [0.2, 0.25) is 0 Å². The lowest BCUT2D eigenvalue weighted by Gasteiger charge is -2.31. The molecule has 1 heterocycles. The first-order chi connectivity index (χ1) is 13.4. The van der Waals surface area contributed by atoms with Gasteiger partial charge in [-0.15, -0.1) is 0 Å². The van der Waals surface area contributed by atoms with Crippen LogP contribution in [0.4, 0.5) is 5.69 Å². The largest absolute Gasteiger partial charge is 0.380 e. The SMILES string of the molecule is CC1CCCN(Cc2ccccc2CNc2ccc(S(N)(=O)=O)cc2C#N)C1. The van der Waals surface area contributed by atoms with Crippen LogP contribution in [-0.2, 0) is 23.1 Å². The summed E-state index contributed by atoms with van der Waals surface area (Å²) in [6, 6.07) is 14.6. The molecule has 148 valence electrons. The Bertz CT molecular complexity index is 982. The topological polar surface area (TPSA) is 99.2 Å². The molecule has 6 nitrogen and oxygen atoms in total. The summed E-state index contributed by atoms with van der Waals surface area (Å²) in [4.78, 5) is 2.43. The van der Waals surface area contributed by atoms with Gasteiger partial charge >= 0.3 is 0 Å². The lowest BCUT2D eigenvalue weighted by Crippen LogP contribution is -2.34. The lowest BCUT2D eigenvalue weighted by molar-refractivity contribution is 0.176. The highest BCUT2D eigenvalue weighted by Crippen LogP contribution is 2.22. The van der Waals surface area contributed by atoms with E-state index in [0.29, 0.717) is 12.2 Å². The van der Waals surface area contributed by atoms with Crippen molar-refractivity contribution in [2.45, 2.75) is 37.8 Å². The maximum atomic E-state index is 11.5. The number of rotatable bonds is 6. The molecule has 1 saturated heterocycles. The molecule has 0 aliphatic carbocycles. The number of primary sulfonamides is 1. The zero-order chi connectivity index (χ0) is 20.1. The number of nitrogens with zero attached hydrogens (tertiary/aromatic N) is 2. The summed E-state index contributed by atoms with van der Waals surface area (Å²) in [5.41, 5.74) is 3.29. The molecule has 2 aromatic carbocycles. The number of hydrogen-bond acceptors (Lipinski definition) is 5. The minimum absolute atomic E-state index is 0.0609. The van der Waals surface area contributed by atoms with Crippen LogP contribution in [0, 0.1) is 17.2 Å². The smallest absolute Gasteiger partial charge is 0.238 e. The van der Waals surface area contributed by atoms with E-state index in [1.165, 1.54) is 36.1 Å². The van der Waals surface area contributed by atoms with Crippen molar-refractivity contribution in [3.8, 4) is 6.07 Å². The van der Waals surface area contributed by atoms with Gasteiger partial charge in [0.25, 0.3) is 0 Å². The number of benzene rings is 2. The first kappa shape index (κ1) is 20.3. The van der Waals surface area contributed by atoms with E-state index in [0.717, 1.165) is 25.6 Å². The molecule has 0 spiro atoms. The normalized spacial score (nSPS) is 17.8. The molecule has 1 aliphatic heterocycles. The molecule has 0 radical (unpaired) electrons. The highest BCUT2D eigenvalue weighted by atomic mass is 32.2. The molecule has 1 aliphatic rings. The van der Waals surface area contributed by atoms with E-state index in [1.807, 2.05) is 18.2 Å². The second kappa shape index (κ2) is 8.74. The summed E-state index contributed by atoms with van der Waals surface area (Å²) < 4.78 is 23.0. The van der Waals surface area contributed by atoms with Gasteiger partial charge in [-0.2, -0.15) is 5.26 Å². The molecule has 7 heteroatoms. The second-order valence-corrected chi connectivity index (χ2v) is 9.03. The van der Waals surface area contributed by atoms with Crippen LogP contribution in [-0.4, -0.2) is 26.4 Å². The van der Waals surface area contributed by atoms with Crippen LogP contribution in [0.1, 0.15) is 36.5 Å². The van der Waals surface area contributed by atoms with Crippen LogP contribution in [0.5, 0.6) is 0 Å². The Kier molecular flexibility index (Phi) is 6.35. The Morgan fingerprint density at radius 3 is 2.68 bits per heavy atom. The van der Waals surface area contributed by atoms with E-state index in [2.05, 4.69) is 29.3 Å². The van der Waals surface area contributed by atoms with Crippen molar-refractivity contribution in [3.63, 3.8) is 0 Å². The predicted octanol–water partition coefficient (Wildman–Crippen LogP) is 3.05. The Balaban J connectivity index is 1.74. The number of nitrogens with one attached hydrogen (secondary N) is 1. The third-order valence-electron chi connectivity index (χ3n) is 5.16. The Morgan fingerprint density at radius 1 is 1.25 bits per heavy atom. The lowest BCUT2D eigenvalue weighted by atomic mass is 9.99. The van der Waals surface area contributed by atoms with Crippen molar-refractivity contribution in [3.05, 3.63) is 59.2 Å². The van der Waals surface area contributed by atoms with Gasteiger partial charge < -0.3 is 5.32 Å². The van der Waals surface area contributed by atoms with Gasteiger partial charge in [-0.25, -0.2) is 13.6 Å². The number of nitriles is 1. The van der Waals surface area contributed by atoms with E-state index >= 15 is 0 Å². The van der Waals surface area contributed by atoms with E-state index in [9.17, 15) is 13.7 Å². The maximum absolute atomic E-state index is 11.5. The number of piperidine rings is 1. The molecule has 3 rings (SSSR count). The maximum Gasteiger partial charge on any atom is 0.238 e. The summed E-state index contributed by atoms with van der Waals surface area (Å²) >= 11 is 0. The quantitative estimate of drug-likeness (QED) is 0.779. The van der Waals surface area contributed by atoms with Gasteiger partial charge in [0.1, 0.15) is 6.07 Å². The summed E-state index contributed by atoms with van der Waals surface area (Å²) in [6.07, 6.45) is 2.54. The van der Waals surface area contributed by atoms with Crippen molar-refractivity contribution in [2.75, 3.05) is 18.4 Å². The van der Waals surface area contributed by atoms with Gasteiger partial charge in [0.05, 0.1) is 16.1 Å². The molecule has 0 saturated carbocycles. The first-order valence-corrected chi connectivity index (χ1v) is 11.0. The average molecular weight is 399 g/mol. The summed E-state index contributed by atoms with van der Waals surface area (Å²) in [7, 11) is -3.83. The van der Waals surface area contributed by atoms with Gasteiger partial charge in [-0.3, -0.25) is 4.90 Å². The number of nitrogens with two attached hydrogens (primary N) is 1. The van der Waals surface area contributed by atoms with Gasteiger partial charge in [-0.05, 0) is 54.6 Å². The summed E-state index contributed by atoms with van der Waals surface area (Å²) in [5.74, 6) is 0.731. The van der Waals surface area contributed by atoms with E-state index in [1.54, 1.807) is 6.07 Å². The Hall–Kier alpha value is -2.40. The van der Waals surface area contributed by atoms with Crippen LogP contribution in [0.15, 0.2) is 47.4 Å². The van der Waals surface area contributed by atoms with Gasteiger partial charge in [-0.1, -0.05) is 31.2 Å². The average Bonchev–Trinajstić information content (AvgIpc) is 2.66. The molecule has 1 fully saturated rings. The van der Waals surface area contributed by atoms with Crippen LogP contribution >= 0.6 is 0 Å². The van der Waals surface area contributed by atoms with Crippen LogP contribution < -0.4 is 10.5 Å². The minimum Gasteiger partial charge on any atom is -0.380 e. The van der Waals surface area contributed by atoms with Crippen LogP contribution in [0.25, 0.3) is 0 Å². The number of sulfonamides is 1. The third-order valence-corrected chi connectivity index (χ3v) is 6.07. The molecule has 0 bridgehead atoms. The monoisotopic (exact) mass is 398 g/mol. The molecule has 28 heavy (non-hydrogen) atoms. The standard InChI is InChI=1S/C21H26N4O2S/c1-16-5-4-10-25(14-16)15-18-7-3-2-6-17(18)13-24-21-9-8-20(28(23,26)27)11-19(21)12-22/h2-3,6-9,11,16,24H,4-5,10,13-15H2,1H3,(H2,23,26,27). The van der Waals surface area contributed by atoms with Crippen molar-refractivity contribution in [1.29, 1.82) is 5.26 Å². The van der Waals surface area contributed by atoms with E-state index in [-0.39, 0.29) is 10.5 Å². The van der Waals surface area contributed by atoms with Gasteiger partial charge in [0, 0.05) is 19.6 Å². The Morgan fingerprint density at radius 2 is 2.00 bits per heavy atom. The highest BCUT2D eigenvalue weighted by molar-refractivity contribution is 7.89. The summed E-state index contributed by atoms with van der Waals surface area (Å²) in [5, 5.41) is 17.8. The molecule has 2 aromatic rings. The first-order valence-electron chi connectivity index (χ1n) is 9.47. The second-order valence-electron chi connectivity index (χ2n) is 7.47. The third kappa shape index (κ3) is 5.10. The fraction of sp³-hybridized carbons (Fsp3) is 0.381. The molecule has 1 unspecified atom stereocenters. The number of likely N-dealkylation sites (tertiary alicyclic amines) is 1. The van der Waals surface area contributed by atoms with E-state index < -0.39 is 10.0 Å². The van der Waals surface area contributed by atoms with E-state index in [4.69, 9.17) is 5.14 Å². The molecule has 0 amide bonds. The fourth-order valence-corrected chi connectivity index (χ4v) is 4.23. The summed E-state index contributed by atoms with van der Waals surface area (Å²) in [6.45, 7) is 6.02. The zero-order valence-corrected chi connectivity index (χ0v) is 16.9. The van der Waals surface area contributed by atoms with Crippen molar-refractivity contribution >= 4 is 15.7 Å². The molecular formula is C21H26N4O2S. The highest BCUT2D eigenvalue weighted by Gasteiger charge is 2.17.